The average Bonchev–Trinajstić information content (AvgIpc) is 2.96. The molecule has 0 aromatic heterocycles. The Morgan fingerprint density at radius 2 is 2.11 bits per heavy atom. The van der Waals surface area contributed by atoms with Gasteiger partial charge in [0.15, 0.2) is 0 Å². The summed E-state index contributed by atoms with van der Waals surface area (Å²) in [6.45, 7) is 2.36. The van der Waals surface area contributed by atoms with Crippen molar-refractivity contribution in [2.24, 2.45) is 0 Å². The van der Waals surface area contributed by atoms with E-state index in [1.165, 1.54) is 17.0 Å². The van der Waals surface area contributed by atoms with E-state index in [4.69, 9.17) is 12.2 Å². The maximum atomic E-state index is 13.1. The second-order valence-corrected chi connectivity index (χ2v) is 8.65. The Morgan fingerprint density at radius 1 is 1.39 bits per heavy atom. The number of carbonyl (C=O) groups is 2. The van der Waals surface area contributed by atoms with E-state index in [0.29, 0.717) is 27.8 Å². The molecule has 1 N–H and O–H groups in total. The van der Waals surface area contributed by atoms with E-state index >= 15 is 0 Å². The largest absolute Gasteiger partial charge is 0.396 e. The highest BCUT2D eigenvalue weighted by Gasteiger charge is 2.40. The van der Waals surface area contributed by atoms with Crippen molar-refractivity contribution < 1.29 is 19.1 Å². The van der Waals surface area contributed by atoms with Gasteiger partial charge >= 0.3 is 0 Å². The summed E-state index contributed by atoms with van der Waals surface area (Å²) >= 11 is 6.51. The second kappa shape index (κ2) is 9.15. The highest BCUT2D eigenvalue weighted by molar-refractivity contribution is 8.26. The second-order valence-electron chi connectivity index (χ2n) is 6.97. The van der Waals surface area contributed by atoms with Gasteiger partial charge in [-0.2, -0.15) is 0 Å². The fourth-order valence-electron chi connectivity index (χ4n) is 3.61. The lowest BCUT2D eigenvalue weighted by molar-refractivity contribution is -0.142. The van der Waals surface area contributed by atoms with Crippen molar-refractivity contribution >= 4 is 46.2 Å². The molecule has 2 amide bonds. The van der Waals surface area contributed by atoms with Gasteiger partial charge in [0.25, 0.3) is 5.91 Å². The van der Waals surface area contributed by atoms with Crippen LogP contribution in [0.2, 0.25) is 0 Å². The molecule has 1 aromatic carbocycles. The van der Waals surface area contributed by atoms with Crippen LogP contribution in [0.1, 0.15) is 38.2 Å². The summed E-state index contributed by atoms with van der Waals surface area (Å²) in [6.07, 6.45) is 5.02. The number of thioether (sulfide) groups is 1. The van der Waals surface area contributed by atoms with Crippen molar-refractivity contribution in [2.75, 3.05) is 13.2 Å². The molecule has 0 radical (unpaired) electrons. The number of likely N-dealkylation sites (tertiary alicyclic amines) is 1. The minimum absolute atomic E-state index is 0.00172. The molecule has 150 valence electrons. The van der Waals surface area contributed by atoms with E-state index in [2.05, 4.69) is 0 Å². The normalized spacial score (nSPS) is 22.8. The molecule has 3 rings (SSSR count). The number of amides is 2. The first kappa shape index (κ1) is 21.0. The van der Waals surface area contributed by atoms with Crippen LogP contribution >= 0.6 is 24.0 Å². The zero-order valence-corrected chi connectivity index (χ0v) is 17.3. The van der Waals surface area contributed by atoms with Crippen molar-refractivity contribution in [3.63, 3.8) is 0 Å². The van der Waals surface area contributed by atoms with Crippen LogP contribution in [-0.2, 0) is 9.59 Å². The number of rotatable bonds is 5. The molecular formula is C20H23FN2O3S2. The number of hydrogen-bond acceptors (Lipinski definition) is 5. The quantitative estimate of drug-likeness (QED) is 0.583. The molecular weight excluding hydrogens is 399 g/mol. The Bertz CT molecular complexity index is 795. The van der Waals surface area contributed by atoms with E-state index in [1.54, 1.807) is 30.0 Å². The predicted molar refractivity (Wildman–Crippen MR) is 112 cm³/mol. The molecule has 8 heteroatoms. The monoisotopic (exact) mass is 422 g/mol. The molecule has 2 fully saturated rings. The van der Waals surface area contributed by atoms with Gasteiger partial charge in [0.2, 0.25) is 5.91 Å². The number of piperidine rings is 1. The molecule has 2 aliphatic rings. The van der Waals surface area contributed by atoms with E-state index < -0.39 is 6.04 Å². The van der Waals surface area contributed by atoms with Crippen molar-refractivity contribution in [1.29, 1.82) is 0 Å². The third kappa shape index (κ3) is 4.45. The van der Waals surface area contributed by atoms with Gasteiger partial charge in [-0.25, -0.2) is 4.39 Å². The topological polar surface area (TPSA) is 60.9 Å². The van der Waals surface area contributed by atoms with Crippen LogP contribution in [0.25, 0.3) is 6.08 Å². The van der Waals surface area contributed by atoms with E-state index in [-0.39, 0.29) is 30.3 Å². The molecule has 5 nitrogen and oxygen atoms in total. The summed E-state index contributed by atoms with van der Waals surface area (Å²) in [7, 11) is 0. The van der Waals surface area contributed by atoms with Gasteiger partial charge < -0.3 is 10.0 Å². The molecule has 0 saturated carbocycles. The molecule has 28 heavy (non-hydrogen) atoms. The van der Waals surface area contributed by atoms with E-state index in [1.807, 2.05) is 0 Å². The standard InChI is InChI=1S/C20H23FN2O3S2/c1-13(18(25)22-10-3-2-4-16(22)9-11-24)23-19(26)17(28-20(23)27)12-14-5-7-15(21)8-6-14/h5-8,12-13,16,24H,2-4,9-11H2,1H3/b17-12-/t13-,16-/m1/s1. The zero-order chi connectivity index (χ0) is 20.3. The molecule has 1 aromatic rings. The Hall–Kier alpha value is -1.77. The van der Waals surface area contributed by atoms with Gasteiger partial charge in [-0.3, -0.25) is 14.5 Å². The van der Waals surface area contributed by atoms with Crippen LogP contribution in [0.15, 0.2) is 29.2 Å². The smallest absolute Gasteiger partial charge is 0.266 e. The Kier molecular flexibility index (Phi) is 6.85. The highest BCUT2D eigenvalue weighted by Crippen LogP contribution is 2.35. The lowest BCUT2D eigenvalue weighted by Gasteiger charge is -2.38. The molecule has 2 atom stereocenters. The number of halogens is 1. The number of benzene rings is 1. The number of aliphatic hydroxyl groups excluding tert-OH is 1. The Balaban J connectivity index is 1.76. The van der Waals surface area contributed by atoms with Crippen molar-refractivity contribution in [2.45, 2.75) is 44.7 Å². The summed E-state index contributed by atoms with van der Waals surface area (Å²) in [6, 6.07) is 5.13. The molecule has 2 saturated heterocycles. The summed E-state index contributed by atoms with van der Waals surface area (Å²) in [5.41, 5.74) is 0.694. The van der Waals surface area contributed by atoms with Crippen LogP contribution in [0.4, 0.5) is 4.39 Å². The number of carbonyl (C=O) groups excluding carboxylic acids is 2. The van der Waals surface area contributed by atoms with Crippen LogP contribution in [0.3, 0.4) is 0 Å². The van der Waals surface area contributed by atoms with Crippen LogP contribution in [-0.4, -0.2) is 56.3 Å². The third-order valence-electron chi connectivity index (χ3n) is 5.11. The third-order valence-corrected chi connectivity index (χ3v) is 6.44. The van der Waals surface area contributed by atoms with Gasteiger partial charge in [-0.15, -0.1) is 0 Å². The summed E-state index contributed by atoms with van der Waals surface area (Å²) < 4.78 is 13.4. The summed E-state index contributed by atoms with van der Waals surface area (Å²) in [5.74, 6) is -0.795. The highest BCUT2D eigenvalue weighted by atomic mass is 32.2. The molecule has 0 bridgehead atoms. The molecule has 0 spiro atoms. The number of hydrogen-bond donors (Lipinski definition) is 1. The fraction of sp³-hybridized carbons (Fsp3) is 0.450. The number of aliphatic hydroxyl groups is 1. The maximum Gasteiger partial charge on any atom is 0.266 e. The van der Waals surface area contributed by atoms with Crippen LogP contribution in [0, 0.1) is 5.82 Å². The van der Waals surface area contributed by atoms with Gasteiger partial charge in [0.1, 0.15) is 16.2 Å². The SMILES string of the molecule is C[C@H](C(=O)N1CCCC[C@@H]1CCO)N1C(=O)/C(=C/c2ccc(F)cc2)SC1=S. The first-order chi connectivity index (χ1) is 13.4. The van der Waals surface area contributed by atoms with Crippen molar-refractivity contribution in [1.82, 2.24) is 9.80 Å². The number of nitrogens with zero attached hydrogens (tertiary/aromatic N) is 2. The molecule has 2 aliphatic heterocycles. The van der Waals surface area contributed by atoms with Gasteiger partial charge in [0.05, 0.1) is 4.91 Å². The zero-order valence-electron chi connectivity index (χ0n) is 15.6. The van der Waals surface area contributed by atoms with Gasteiger partial charge in [0, 0.05) is 19.2 Å². The van der Waals surface area contributed by atoms with E-state index in [9.17, 15) is 19.1 Å². The molecule has 2 heterocycles. The van der Waals surface area contributed by atoms with Crippen LogP contribution < -0.4 is 0 Å². The minimum atomic E-state index is -0.703. The maximum absolute atomic E-state index is 13.1. The lowest BCUT2D eigenvalue weighted by Crippen LogP contribution is -2.53. The van der Waals surface area contributed by atoms with Crippen LogP contribution in [0.5, 0.6) is 0 Å². The first-order valence-electron chi connectivity index (χ1n) is 9.36. The van der Waals surface area contributed by atoms with Crippen molar-refractivity contribution in [3.8, 4) is 0 Å². The molecule has 0 aliphatic carbocycles. The predicted octanol–water partition coefficient (Wildman–Crippen LogP) is 3.18. The average molecular weight is 423 g/mol. The summed E-state index contributed by atoms with van der Waals surface area (Å²) in [4.78, 5) is 29.5. The van der Waals surface area contributed by atoms with Gasteiger partial charge in [-0.1, -0.05) is 36.1 Å². The fourth-order valence-corrected chi connectivity index (χ4v) is 5.03. The van der Waals surface area contributed by atoms with E-state index in [0.717, 1.165) is 31.0 Å². The minimum Gasteiger partial charge on any atom is -0.396 e. The lowest BCUT2D eigenvalue weighted by atomic mass is 9.98. The molecule has 0 unspecified atom stereocenters. The number of thiocarbonyl (C=S) groups is 1. The summed E-state index contributed by atoms with van der Waals surface area (Å²) in [5, 5.41) is 9.29. The van der Waals surface area contributed by atoms with Gasteiger partial charge in [-0.05, 0) is 56.4 Å². The Labute approximate surface area is 173 Å². The van der Waals surface area contributed by atoms with Crippen molar-refractivity contribution in [3.05, 3.63) is 40.6 Å². The first-order valence-corrected chi connectivity index (χ1v) is 10.6. The Morgan fingerprint density at radius 3 is 2.79 bits per heavy atom.